The largest absolute Gasteiger partial charge is 0.497 e. The Hall–Kier alpha value is -3.55. The monoisotopic (exact) mass is 402 g/mol. The predicted octanol–water partition coefficient (Wildman–Crippen LogP) is 3.51. The van der Waals surface area contributed by atoms with E-state index in [1.165, 1.54) is 42.7 Å². The lowest BCUT2D eigenvalue weighted by atomic mass is 10.1. The van der Waals surface area contributed by atoms with Gasteiger partial charge in [0, 0.05) is 6.07 Å². The van der Waals surface area contributed by atoms with Gasteiger partial charge in [-0.25, -0.2) is 0 Å². The molecule has 8 heteroatoms. The van der Waals surface area contributed by atoms with Crippen molar-refractivity contribution in [3.05, 3.63) is 34.5 Å². The Morgan fingerprint density at radius 1 is 0.690 bits per heavy atom. The molecule has 0 aliphatic rings. The van der Waals surface area contributed by atoms with Crippen LogP contribution in [0.2, 0.25) is 0 Å². The second kappa shape index (κ2) is 8.22. The molecule has 29 heavy (non-hydrogen) atoms. The average Bonchev–Trinajstić information content (AvgIpc) is 2.76. The number of hydrogen-bond donors (Lipinski definition) is 0. The van der Waals surface area contributed by atoms with Crippen LogP contribution in [0.3, 0.4) is 0 Å². The summed E-state index contributed by atoms with van der Waals surface area (Å²) in [7, 11) is 8.84. The molecule has 0 atom stereocenters. The lowest BCUT2D eigenvalue weighted by Gasteiger charge is -2.16. The van der Waals surface area contributed by atoms with Crippen molar-refractivity contribution in [3.8, 4) is 45.8 Å². The molecule has 0 amide bonds. The average molecular weight is 402 g/mol. The number of methoxy groups -OCH3 is 6. The van der Waals surface area contributed by atoms with Crippen molar-refractivity contribution in [1.82, 2.24) is 0 Å². The third-order valence-electron chi connectivity index (χ3n) is 4.51. The minimum absolute atomic E-state index is 0.00503. The number of fused-ring (bicyclic) bond motifs is 1. The van der Waals surface area contributed by atoms with Crippen molar-refractivity contribution in [3.63, 3.8) is 0 Å². The first-order valence-corrected chi connectivity index (χ1v) is 8.60. The second-order valence-electron chi connectivity index (χ2n) is 5.88. The molecular weight excluding hydrogens is 380 g/mol. The molecule has 8 nitrogen and oxygen atoms in total. The molecular formula is C21H22O8. The molecule has 0 N–H and O–H groups in total. The molecule has 0 saturated heterocycles. The molecule has 0 fully saturated rings. The topological polar surface area (TPSA) is 85.6 Å². The summed E-state index contributed by atoms with van der Waals surface area (Å²) in [5, 5.41) is 0.174. The van der Waals surface area contributed by atoms with Crippen LogP contribution >= 0.6 is 0 Å². The van der Waals surface area contributed by atoms with Gasteiger partial charge in [-0.05, 0) is 18.2 Å². The Bertz CT molecular complexity index is 1100. The quantitative estimate of drug-likeness (QED) is 0.594. The van der Waals surface area contributed by atoms with Crippen LogP contribution < -0.4 is 33.8 Å². The van der Waals surface area contributed by atoms with Crippen LogP contribution in [0.4, 0.5) is 0 Å². The Kier molecular flexibility index (Phi) is 5.72. The summed E-state index contributed by atoms with van der Waals surface area (Å²) < 4.78 is 38.5. The van der Waals surface area contributed by atoms with Crippen molar-refractivity contribution in [2.75, 3.05) is 42.7 Å². The van der Waals surface area contributed by atoms with Gasteiger partial charge < -0.3 is 32.8 Å². The summed E-state index contributed by atoms with van der Waals surface area (Å²) in [5.74, 6) is 2.07. The number of hydrogen-bond acceptors (Lipinski definition) is 8. The van der Waals surface area contributed by atoms with Crippen LogP contribution in [-0.2, 0) is 0 Å². The molecule has 3 aromatic rings. The molecule has 0 bridgehead atoms. The molecule has 0 aliphatic carbocycles. The maximum absolute atomic E-state index is 13.3. The Balaban J connectivity index is 2.51. The lowest BCUT2D eigenvalue weighted by molar-refractivity contribution is 0.346. The Morgan fingerprint density at radius 2 is 1.34 bits per heavy atom. The van der Waals surface area contributed by atoms with E-state index < -0.39 is 5.43 Å². The van der Waals surface area contributed by atoms with E-state index in [9.17, 15) is 4.79 Å². The van der Waals surface area contributed by atoms with Gasteiger partial charge >= 0.3 is 0 Å². The molecule has 0 radical (unpaired) electrons. The van der Waals surface area contributed by atoms with E-state index in [-0.39, 0.29) is 34.0 Å². The van der Waals surface area contributed by atoms with Crippen molar-refractivity contribution in [1.29, 1.82) is 0 Å². The maximum atomic E-state index is 13.3. The molecule has 2 aromatic carbocycles. The van der Waals surface area contributed by atoms with Gasteiger partial charge in [0.05, 0.1) is 48.2 Å². The first-order chi connectivity index (χ1) is 14.0. The van der Waals surface area contributed by atoms with Gasteiger partial charge in [-0.1, -0.05) is 0 Å². The van der Waals surface area contributed by atoms with Crippen molar-refractivity contribution >= 4 is 11.0 Å². The molecule has 3 rings (SSSR count). The third-order valence-corrected chi connectivity index (χ3v) is 4.51. The minimum Gasteiger partial charge on any atom is -0.497 e. The predicted molar refractivity (Wildman–Crippen MR) is 107 cm³/mol. The van der Waals surface area contributed by atoms with Crippen LogP contribution in [0, 0.1) is 0 Å². The summed E-state index contributed by atoms with van der Waals surface area (Å²) in [4.78, 5) is 13.3. The van der Waals surface area contributed by atoms with E-state index in [4.69, 9.17) is 32.8 Å². The highest BCUT2D eigenvalue weighted by Crippen LogP contribution is 2.45. The molecule has 0 aliphatic heterocycles. The highest BCUT2D eigenvalue weighted by molar-refractivity contribution is 5.94. The zero-order valence-electron chi connectivity index (χ0n) is 17.1. The zero-order valence-corrected chi connectivity index (χ0v) is 17.1. The number of ether oxygens (including phenoxy) is 6. The normalized spacial score (nSPS) is 10.6. The zero-order chi connectivity index (χ0) is 21.1. The smallest absolute Gasteiger partial charge is 0.239 e. The van der Waals surface area contributed by atoms with Crippen LogP contribution in [-0.4, -0.2) is 42.7 Å². The van der Waals surface area contributed by atoms with Gasteiger partial charge in [-0.3, -0.25) is 4.79 Å². The maximum Gasteiger partial charge on any atom is 0.239 e. The van der Waals surface area contributed by atoms with Gasteiger partial charge in [0.25, 0.3) is 0 Å². The number of benzene rings is 2. The molecule has 0 spiro atoms. The highest BCUT2D eigenvalue weighted by atomic mass is 16.5. The van der Waals surface area contributed by atoms with Crippen LogP contribution in [0.5, 0.6) is 34.5 Å². The summed E-state index contributed by atoms with van der Waals surface area (Å²) in [6, 6.07) is 6.69. The van der Waals surface area contributed by atoms with Gasteiger partial charge in [0.1, 0.15) is 22.6 Å². The standard InChI is InChI=1S/C21H22O8/c1-23-11-7-8-13(24-2)12(9-11)18-21(28-6)17(22)16-14(25-3)10-15(26-4)19(27-5)20(16)29-18/h7-10H,1-6H3. The van der Waals surface area contributed by atoms with E-state index in [1.807, 2.05) is 0 Å². The first kappa shape index (κ1) is 20.2. The van der Waals surface area contributed by atoms with Crippen LogP contribution in [0.1, 0.15) is 0 Å². The molecule has 1 heterocycles. The second-order valence-corrected chi connectivity index (χ2v) is 5.88. The highest BCUT2D eigenvalue weighted by Gasteiger charge is 2.26. The fourth-order valence-electron chi connectivity index (χ4n) is 3.13. The summed E-state index contributed by atoms with van der Waals surface area (Å²) in [6.45, 7) is 0. The van der Waals surface area contributed by atoms with Gasteiger partial charge in [-0.15, -0.1) is 0 Å². The SMILES string of the molecule is COc1ccc(OC)c(-c2oc3c(OC)c(OC)cc(OC)c3c(=O)c2OC)c1. The fourth-order valence-corrected chi connectivity index (χ4v) is 3.13. The fraction of sp³-hybridized carbons (Fsp3) is 0.286. The third kappa shape index (κ3) is 3.26. The summed E-state index contributed by atoms with van der Waals surface area (Å²) >= 11 is 0. The van der Waals surface area contributed by atoms with E-state index in [0.717, 1.165) is 0 Å². The van der Waals surface area contributed by atoms with E-state index in [2.05, 4.69) is 0 Å². The number of rotatable bonds is 7. The molecule has 154 valence electrons. The minimum atomic E-state index is -0.425. The van der Waals surface area contributed by atoms with E-state index >= 15 is 0 Å². The van der Waals surface area contributed by atoms with Crippen molar-refractivity contribution in [2.45, 2.75) is 0 Å². The van der Waals surface area contributed by atoms with E-state index in [1.54, 1.807) is 24.3 Å². The Labute approximate surface area is 167 Å². The molecule has 1 aromatic heterocycles. The van der Waals surface area contributed by atoms with E-state index in [0.29, 0.717) is 22.8 Å². The summed E-state index contributed by atoms with van der Waals surface area (Å²) in [6.07, 6.45) is 0. The van der Waals surface area contributed by atoms with Crippen LogP contribution in [0.15, 0.2) is 33.5 Å². The lowest BCUT2D eigenvalue weighted by Crippen LogP contribution is -2.10. The molecule has 0 saturated carbocycles. The summed E-state index contributed by atoms with van der Waals surface area (Å²) in [5.41, 5.74) is 0.215. The van der Waals surface area contributed by atoms with Gasteiger partial charge in [-0.2, -0.15) is 0 Å². The van der Waals surface area contributed by atoms with Crippen molar-refractivity contribution in [2.24, 2.45) is 0 Å². The van der Waals surface area contributed by atoms with Crippen molar-refractivity contribution < 1.29 is 32.8 Å². The van der Waals surface area contributed by atoms with Gasteiger partial charge in [0.2, 0.25) is 16.9 Å². The van der Waals surface area contributed by atoms with Crippen LogP contribution in [0.25, 0.3) is 22.3 Å². The Morgan fingerprint density at radius 3 is 1.90 bits per heavy atom. The van der Waals surface area contributed by atoms with Gasteiger partial charge in [0.15, 0.2) is 17.1 Å². The first-order valence-electron chi connectivity index (χ1n) is 8.60. The molecule has 0 unspecified atom stereocenters.